The molecule has 11 aromatic carbocycles. The largest absolute Gasteiger partial charge is 0.458 e. The number of rotatable bonds is 8. The Hall–Kier alpha value is -9.69. The fraction of sp³-hybridized carbons (Fsp3) is 0.105. The maximum atomic E-state index is 7.62. The van der Waals surface area contributed by atoms with E-state index in [0.29, 0.717) is 0 Å². The molecule has 0 bridgehead atoms. The SMILES string of the molecule is Cc1ccc(N(c2ccc(C)cc2)c2cc3c4c(c2)N(c2ccccc2)c2ccccc2B4c2cc4c(cc2O3)Oc2cc(N(c3ccc(C)cc3)c3ccc(C)cc3)cc3c2B4c2sc4ccc(C(C)(C)C)cc4c2N3c2ccccc2)cc1. The molecule has 85 heavy (non-hydrogen) atoms. The van der Waals surface area contributed by atoms with Crippen LogP contribution in [0.25, 0.3) is 10.1 Å². The quantitative estimate of drug-likeness (QED) is 0.141. The van der Waals surface area contributed by atoms with Gasteiger partial charge < -0.3 is 29.1 Å². The lowest BCUT2D eigenvalue weighted by molar-refractivity contribution is 0.466. The van der Waals surface area contributed by atoms with Crippen LogP contribution in [0.5, 0.6) is 23.0 Å². The first-order valence-corrected chi connectivity index (χ1v) is 30.3. The van der Waals surface area contributed by atoms with E-state index in [0.717, 1.165) is 107 Å². The second kappa shape index (κ2) is 19.4. The predicted octanol–water partition coefficient (Wildman–Crippen LogP) is 17.2. The average molecular weight is 1120 g/mol. The first-order chi connectivity index (χ1) is 41.4. The second-order valence-corrected chi connectivity index (χ2v) is 25.5. The number of nitrogens with zero attached hydrogens (tertiary/aromatic N) is 4. The highest BCUT2D eigenvalue weighted by Gasteiger charge is 2.48. The van der Waals surface area contributed by atoms with Gasteiger partial charge in [0.15, 0.2) is 0 Å². The fourth-order valence-corrected chi connectivity index (χ4v) is 14.8. The van der Waals surface area contributed by atoms with Crippen LogP contribution in [0.15, 0.2) is 237 Å². The lowest BCUT2D eigenvalue weighted by Gasteiger charge is -2.42. The fourth-order valence-electron chi connectivity index (χ4n) is 13.5. The number of hydrogen-bond acceptors (Lipinski definition) is 7. The second-order valence-electron chi connectivity index (χ2n) is 24.4. The van der Waals surface area contributed by atoms with Crippen LogP contribution in [0.3, 0.4) is 0 Å². The predicted molar refractivity (Wildman–Crippen MR) is 361 cm³/mol. The van der Waals surface area contributed by atoms with Gasteiger partial charge >= 0.3 is 0 Å². The minimum Gasteiger partial charge on any atom is -0.458 e. The molecule has 0 atom stereocenters. The van der Waals surface area contributed by atoms with Crippen molar-refractivity contribution in [3.05, 3.63) is 264 Å². The summed E-state index contributed by atoms with van der Waals surface area (Å²) in [7, 11) is 0. The van der Waals surface area contributed by atoms with Gasteiger partial charge in [0.25, 0.3) is 13.4 Å². The van der Waals surface area contributed by atoms with Crippen molar-refractivity contribution in [1.82, 2.24) is 0 Å². The zero-order chi connectivity index (χ0) is 57.4. The molecule has 0 radical (unpaired) electrons. The van der Waals surface area contributed by atoms with Gasteiger partial charge in [-0.3, -0.25) is 0 Å². The topological polar surface area (TPSA) is 31.4 Å². The summed E-state index contributed by atoms with van der Waals surface area (Å²) in [5.41, 5.74) is 24.8. The molecule has 0 spiro atoms. The van der Waals surface area contributed by atoms with E-state index in [-0.39, 0.29) is 18.8 Å². The third-order valence-electron chi connectivity index (χ3n) is 17.7. The third-order valence-corrected chi connectivity index (χ3v) is 18.9. The molecule has 6 nitrogen and oxygen atoms in total. The van der Waals surface area contributed by atoms with Crippen LogP contribution in [-0.4, -0.2) is 13.4 Å². The molecule has 0 N–H and O–H groups in total. The molecule has 408 valence electrons. The lowest BCUT2D eigenvalue weighted by Crippen LogP contribution is -2.62. The van der Waals surface area contributed by atoms with Crippen LogP contribution in [-0.2, 0) is 5.41 Å². The van der Waals surface area contributed by atoms with E-state index >= 15 is 0 Å². The van der Waals surface area contributed by atoms with Gasteiger partial charge in [-0.05, 0) is 169 Å². The number of ether oxygens (including phenoxy) is 2. The molecule has 4 aliphatic heterocycles. The third kappa shape index (κ3) is 8.30. The minimum atomic E-state index is -0.175. The Kier molecular flexibility index (Phi) is 11.7. The number of para-hydroxylation sites is 3. The Morgan fingerprint density at radius 2 is 0.824 bits per heavy atom. The summed E-state index contributed by atoms with van der Waals surface area (Å²) in [4.78, 5) is 9.71. The first kappa shape index (κ1) is 51.0. The van der Waals surface area contributed by atoms with E-state index in [4.69, 9.17) is 9.47 Å². The average Bonchev–Trinajstić information content (AvgIpc) is 1.70. The molecule has 0 fully saturated rings. The lowest BCUT2D eigenvalue weighted by atomic mass is 9.32. The van der Waals surface area contributed by atoms with E-state index in [9.17, 15) is 0 Å². The molecular formula is C76H60B2N4O2S. The van der Waals surface area contributed by atoms with Crippen molar-refractivity contribution < 1.29 is 9.47 Å². The highest BCUT2D eigenvalue weighted by atomic mass is 32.1. The van der Waals surface area contributed by atoms with Gasteiger partial charge in [-0.15, -0.1) is 11.3 Å². The Labute approximate surface area is 502 Å². The van der Waals surface area contributed by atoms with E-state index in [1.807, 2.05) is 11.3 Å². The molecule has 0 saturated heterocycles. The summed E-state index contributed by atoms with van der Waals surface area (Å²) in [6.07, 6.45) is 0. The van der Waals surface area contributed by atoms with E-state index < -0.39 is 0 Å². The van der Waals surface area contributed by atoms with Crippen LogP contribution in [0, 0.1) is 27.7 Å². The molecule has 12 aromatic rings. The number of fused-ring (bicyclic) bond motifs is 10. The van der Waals surface area contributed by atoms with Crippen molar-refractivity contribution in [3.63, 3.8) is 0 Å². The molecule has 4 aliphatic rings. The Morgan fingerprint density at radius 3 is 1.33 bits per heavy atom. The summed E-state index contributed by atoms with van der Waals surface area (Å²) in [5.74, 6) is 3.21. The number of aryl methyl sites for hydroxylation is 4. The van der Waals surface area contributed by atoms with Crippen molar-refractivity contribution in [2.45, 2.75) is 53.9 Å². The number of anilines is 12. The summed E-state index contributed by atoms with van der Waals surface area (Å²) in [5, 5.41) is 1.25. The number of thiophene rings is 1. The van der Waals surface area contributed by atoms with E-state index in [2.05, 4.69) is 305 Å². The molecule has 0 amide bonds. The normalized spacial score (nSPS) is 13.2. The molecule has 16 rings (SSSR count). The first-order valence-electron chi connectivity index (χ1n) is 29.5. The number of benzene rings is 11. The van der Waals surface area contributed by atoms with Crippen LogP contribution >= 0.6 is 11.3 Å². The summed E-state index contributed by atoms with van der Waals surface area (Å²) in [6.45, 7) is 15.2. The van der Waals surface area contributed by atoms with E-state index in [1.54, 1.807) is 0 Å². The summed E-state index contributed by atoms with van der Waals surface area (Å²) in [6, 6.07) is 87.3. The zero-order valence-corrected chi connectivity index (χ0v) is 49.5. The monoisotopic (exact) mass is 1110 g/mol. The molecule has 5 heterocycles. The van der Waals surface area contributed by atoms with Crippen LogP contribution in [0.1, 0.15) is 48.6 Å². The van der Waals surface area contributed by atoms with Gasteiger partial charge in [0.05, 0.1) is 17.1 Å². The van der Waals surface area contributed by atoms with Crippen molar-refractivity contribution in [2.75, 3.05) is 19.6 Å². The molecule has 0 saturated carbocycles. The van der Waals surface area contributed by atoms with Crippen molar-refractivity contribution in [3.8, 4) is 23.0 Å². The van der Waals surface area contributed by atoms with Crippen LogP contribution in [0.2, 0.25) is 0 Å². The van der Waals surface area contributed by atoms with Crippen molar-refractivity contribution in [2.24, 2.45) is 0 Å². The molecule has 1 aromatic heterocycles. The highest BCUT2D eigenvalue weighted by Crippen LogP contribution is 2.51. The van der Waals surface area contributed by atoms with Gasteiger partial charge in [-0.25, -0.2) is 0 Å². The zero-order valence-electron chi connectivity index (χ0n) is 48.7. The molecule has 9 heteroatoms. The smallest absolute Gasteiger partial charge is 0.268 e. The molecular weight excluding hydrogens is 1050 g/mol. The van der Waals surface area contributed by atoms with Crippen molar-refractivity contribution in [1.29, 1.82) is 0 Å². The maximum Gasteiger partial charge on any atom is 0.268 e. The van der Waals surface area contributed by atoms with Gasteiger partial charge in [0.1, 0.15) is 23.0 Å². The van der Waals surface area contributed by atoms with Gasteiger partial charge in [0.2, 0.25) is 0 Å². The van der Waals surface area contributed by atoms with Crippen LogP contribution in [0.4, 0.5) is 68.2 Å². The summed E-state index contributed by atoms with van der Waals surface area (Å²) >= 11 is 1.91. The molecule has 0 aliphatic carbocycles. The van der Waals surface area contributed by atoms with E-state index in [1.165, 1.54) is 53.8 Å². The maximum absolute atomic E-state index is 7.62. The van der Waals surface area contributed by atoms with Gasteiger partial charge in [-0.2, -0.15) is 0 Å². The highest BCUT2D eigenvalue weighted by molar-refractivity contribution is 7.33. The van der Waals surface area contributed by atoms with Gasteiger partial charge in [-0.1, -0.05) is 158 Å². The summed E-state index contributed by atoms with van der Waals surface area (Å²) < 4.78 is 17.7. The Morgan fingerprint density at radius 1 is 0.376 bits per heavy atom. The Bertz CT molecular complexity index is 4550. The minimum absolute atomic E-state index is 0.0671. The Balaban J connectivity index is 0.958. The van der Waals surface area contributed by atoms with Crippen molar-refractivity contribution >= 4 is 135 Å². The molecule has 0 unspecified atom stereocenters. The van der Waals surface area contributed by atoms with Crippen LogP contribution < -0.4 is 61.2 Å². The standard InChI is InChI=1S/C76H60B2N4O2S/c1-47-22-31-54(32-23-47)79(55-33-24-48(2)25-34-55)58-41-65-72-69(43-58)83-67-46-68-63(45-62(67)77(72)61-20-14-15-21-64(61)81(65)52-16-10-8-11-17-52)78-73-66(42-59(44-70(73)84-68)80(56-35-26-49(3)27-36-56)57-37-28-50(4)29-38-57)82(53-18-12-9-13-19-53)74-60-40-51(76(5,6)7)30-39-71(60)85-75(74)78/h8-46H,1-7H3. The van der Waals surface area contributed by atoms with Gasteiger partial charge in [0, 0.05) is 84.2 Å². The number of hydrogen-bond donors (Lipinski definition) is 0.